The van der Waals surface area contributed by atoms with Crippen LogP contribution in [0.2, 0.25) is 0 Å². The number of rotatable bonds is 15. The molecule has 0 heterocycles. The minimum Gasteiger partial charge on any atom is -0.356 e. The van der Waals surface area contributed by atoms with Crippen LogP contribution in [0, 0.1) is 5.92 Å². The fourth-order valence-electron chi connectivity index (χ4n) is 2.40. The molecule has 0 unspecified atom stereocenters. The molecule has 1 amide bonds. The summed E-state index contributed by atoms with van der Waals surface area (Å²) in [7, 11) is 0. The first-order valence-corrected chi connectivity index (χ1v) is 8.92. The summed E-state index contributed by atoms with van der Waals surface area (Å²) in [6.07, 6.45) is 14.9. The van der Waals surface area contributed by atoms with E-state index in [0.717, 1.165) is 25.5 Å². The number of unbranched alkanes of at least 4 members (excludes halogenated alkanes) is 8. The fraction of sp³-hybridized carbons (Fsp3) is 0.889. The van der Waals surface area contributed by atoms with Crippen molar-refractivity contribution < 1.29 is 9.59 Å². The molecule has 0 spiro atoms. The Labute approximate surface area is 131 Å². The largest absolute Gasteiger partial charge is 0.356 e. The third-order valence-electron chi connectivity index (χ3n) is 3.90. The van der Waals surface area contributed by atoms with Crippen LogP contribution in [0.3, 0.4) is 0 Å². The van der Waals surface area contributed by atoms with Gasteiger partial charge in [-0.05, 0) is 19.3 Å². The van der Waals surface area contributed by atoms with Gasteiger partial charge < -0.3 is 10.1 Å². The molecule has 0 aliphatic heterocycles. The van der Waals surface area contributed by atoms with Crippen LogP contribution < -0.4 is 5.32 Å². The molecule has 0 rings (SSSR count). The van der Waals surface area contributed by atoms with Gasteiger partial charge in [-0.3, -0.25) is 4.79 Å². The van der Waals surface area contributed by atoms with Crippen molar-refractivity contribution in [1.82, 2.24) is 5.32 Å². The molecule has 0 radical (unpaired) electrons. The molecule has 3 nitrogen and oxygen atoms in total. The quantitative estimate of drug-likeness (QED) is 0.353. The highest BCUT2D eigenvalue weighted by atomic mass is 16.1. The molecular weight excluding hydrogens is 262 g/mol. The van der Waals surface area contributed by atoms with Gasteiger partial charge in [0, 0.05) is 18.9 Å². The van der Waals surface area contributed by atoms with E-state index in [1.54, 1.807) is 0 Å². The topological polar surface area (TPSA) is 46.2 Å². The van der Waals surface area contributed by atoms with Crippen molar-refractivity contribution >= 4 is 12.2 Å². The summed E-state index contributed by atoms with van der Waals surface area (Å²) in [4.78, 5) is 22.0. The zero-order valence-corrected chi connectivity index (χ0v) is 14.2. The first-order valence-electron chi connectivity index (χ1n) is 8.92. The van der Waals surface area contributed by atoms with Crippen molar-refractivity contribution in [2.45, 2.75) is 90.9 Å². The summed E-state index contributed by atoms with van der Waals surface area (Å²) in [6.45, 7) is 4.86. The molecule has 0 saturated heterocycles. The van der Waals surface area contributed by atoms with E-state index in [-0.39, 0.29) is 11.8 Å². The van der Waals surface area contributed by atoms with E-state index in [4.69, 9.17) is 0 Å². The predicted molar refractivity (Wildman–Crippen MR) is 89.3 cm³/mol. The van der Waals surface area contributed by atoms with Gasteiger partial charge in [0.25, 0.3) is 0 Å². The van der Waals surface area contributed by atoms with E-state index in [1.165, 1.54) is 51.4 Å². The molecule has 124 valence electrons. The average molecular weight is 297 g/mol. The Morgan fingerprint density at radius 3 is 2.10 bits per heavy atom. The molecule has 0 saturated carbocycles. The van der Waals surface area contributed by atoms with Crippen molar-refractivity contribution in [2.75, 3.05) is 6.54 Å². The van der Waals surface area contributed by atoms with Crippen LogP contribution >= 0.6 is 0 Å². The van der Waals surface area contributed by atoms with Crippen LogP contribution in [-0.2, 0) is 9.59 Å². The number of aldehydes is 1. The molecule has 0 aliphatic rings. The number of hydrogen-bond donors (Lipinski definition) is 1. The van der Waals surface area contributed by atoms with Gasteiger partial charge in [-0.15, -0.1) is 0 Å². The zero-order valence-electron chi connectivity index (χ0n) is 14.2. The fourth-order valence-corrected chi connectivity index (χ4v) is 2.40. The lowest BCUT2D eigenvalue weighted by Crippen LogP contribution is -2.24. The van der Waals surface area contributed by atoms with Crippen molar-refractivity contribution in [3.63, 3.8) is 0 Å². The van der Waals surface area contributed by atoms with Gasteiger partial charge in [0.1, 0.15) is 6.29 Å². The number of carbonyl (C=O) groups excluding carboxylic acids is 2. The first-order chi connectivity index (χ1) is 10.2. The lowest BCUT2D eigenvalue weighted by molar-refractivity contribution is -0.121. The molecule has 0 aromatic heterocycles. The van der Waals surface area contributed by atoms with Crippen LogP contribution in [0.25, 0.3) is 0 Å². The second-order valence-electron chi connectivity index (χ2n) is 6.18. The maximum absolute atomic E-state index is 11.6. The summed E-state index contributed by atoms with van der Waals surface area (Å²) in [5.41, 5.74) is 0. The molecular formula is C18H35NO2. The Balaban J connectivity index is 3.21. The lowest BCUT2D eigenvalue weighted by atomic mass is 10.1. The highest BCUT2D eigenvalue weighted by Crippen LogP contribution is 2.10. The smallest absolute Gasteiger partial charge is 0.219 e. The van der Waals surface area contributed by atoms with Gasteiger partial charge >= 0.3 is 0 Å². The Kier molecular flexibility index (Phi) is 14.9. The van der Waals surface area contributed by atoms with E-state index < -0.39 is 0 Å². The number of amides is 1. The lowest BCUT2D eigenvalue weighted by Gasteiger charge is -2.06. The van der Waals surface area contributed by atoms with Gasteiger partial charge in [-0.1, -0.05) is 65.2 Å². The highest BCUT2D eigenvalue weighted by molar-refractivity contribution is 5.75. The maximum atomic E-state index is 11.6. The number of hydrogen-bond acceptors (Lipinski definition) is 2. The standard InChI is InChI=1S/C18H35NO2/c1-3-4-5-6-7-8-9-10-11-14-18(21)19-15-12-13-17(2)16-20/h16-17H,3-15H2,1-2H3,(H,19,21)/t17-/m0/s1. The monoisotopic (exact) mass is 297 g/mol. The molecule has 0 aliphatic carbocycles. The Morgan fingerprint density at radius 1 is 0.952 bits per heavy atom. The highest BCUT2D eigenvalue weighted by Gasteiger charge is 2.02. The minimum absolute atomic E-state index is 0.110. The zero-order chi connectivity index (χ0) is 15.8. The second kappa shape index (κ2) is 15.5. The predicted octanol–water partition coefficient (Wildman–Crippen LogP) is 4.64. The van der Waals surface area contributed by atoms with Crippen LogP contribution in [-0.4, -0.2) is 18.7 Å². The van der Waals surface area contributed by atoms with E-state index in [1.807, 2.05) is 6.92 Å². The van der Waals surface area contributed by atoms with Crippen molar-refractivity contribution in [3.8, 4) is 0 Å². The summed E-state index contributed by atoms with van der Waals surface area (Å²) in [5, 5.41) is 2.93. The van der Waals surface area contributed by atoms with E-state index >= 15 is 0 Å². The van der Waals surface area contributed by atoms with Crippen molar-refractivity contribution in [3.05, 3.63) is 0 Å². The molecule has 0 bridgehead atoms. The number of carbonyl (C=O) groups is 2. The summed E-state index contributed by atoms with van der Waals surface area (Å²) in [5.74, 6) is 0.274. The van der Waals surface area contributed by atoms with Crippen molar-refractivity contribution in [1.29, 1.82) is 0 Å². The molecule has 0 aromatic rings. The summed E-state index contributed by atoms with van der Waals surface area (Å²) in [6, 6.07) is 0. The van der Waals surface area contributed by atoms with E-state index in [2.05, 4.69) is 12.2 Å². The third-order valence-corrected chi connectivity index (χ3v) is 3.90. The van der Waals surface area contributed by atoms with Crippen LogP contribution in [0.1, 0.15) is 90.9 Å². The normalized spacial score (nSPS) is 12.1. The van der Waals surface area contributed by atoms with Crippen LogP contribution in [0.4, 0.5) is 0 Å². The van der Waals surface area contributed by atoms with Crippen LogP contribution in [0.15, 0.2) is 0 Å². The summed E-state index contributed by atoms with van der Waals surface area (Å²) >= 11 is 0. The molecule has 1 atom stereocenters. The maximum Gasteiger partial charge on any atom is 0.219 e. The molecule has 1 N–H and O–H groups in total. The second-order valence-corrected chi connectivity index (χ2v) is 6.18. The summed E-state index contributed by atoms with van der Waals surface area (Å²) < 4.78 is 0. The van der Waals surface area contributed by atoms with Crippen molar-refractivity contribution in [2.24, 2.45) is 5.92 Å². The van der Waals surface area contributed by atoms with Crippen LogP contribution in [0.5, 0.6) is 0 Å². The Bertz CT molecular complexity index is 254. The van der Waals surface area contributed by atoms with Gasteiger partial charge in [0.15, 0.2) is 0 Å². The third kappa shape index (κ3) is 15.3. The first kappa shape index (κ1) is 20.1. The van der Waals surface area contributed by atoms with Gasteiger partial charge in [0.2, 0.25) is 5.91 Å². The molecule has 0 aromatic carbocycles. The van der Waals surface area contributed by atoms with E-state index in [9.17, 15) is 9.59 Å². The van der Waals surface area contributed by atoms with Gasteiger partial charge in [-0.25, -0.2) is 0 Å². The van der Waals surface area contributed by atoms with Gasteiger partial charge in [-0.2, -0.15) is 0 Å². The molecule has 3 heteroatoms. The molecule has 21 heavy (non-hydrogen) atoms. The van der Waals surface area contributed by atoms with Gasteiger partial charge in [0.05, 0.1) is 0 Å². The SMILES string of the molecule is CCCCCCCCCCCC(=O)NCCC[C@H](C)C=O. The Hall–Kier alpha value is -0.860. The Morgan fingerprint density at radius 2 is 1.52 bits per heavy atom. The number of nitrogens with one attached hydrogen (secondary N) is 1. The minimum atomic E-state index is 0.110. The molecule has 0 fully saturated rings. The average Bonchev–Trinajstić information content (AvgIpc) is 2.49. The van der Waals surface area contributed by atoms with E-state index in [0.29, 0.717) is 13.0 Å².